The molecule has 1 N–H and O–H groups in total. The number of hydrogen-bond acceptors (Lipinski definition) is 5. The van der Waals surface area contributed by atoms with Gasteiger partial charge in [-0.1, -0.05) is 0 Å². The van der Waals surface area contributed by atoms with Crippen LogP contribution in [-0.2, 0) is 13.8 Å². The van der Waals surface area contributed by atoms with Crippen LogP contribution in [0.4, 0.5) is 0 Å². The third-order valence-corrected chi connectivity index (χ3v) is 4.05. The Balaban J connectivity index is 2.98. The minimum Gasteiger partial charge on any atom is -0.465 e. The van der Waals surface area contributed by atoms with Gasteiger partial charge in [-0.25, -0.2) is 4.79 Å². The lowest BCUT2D eigenvalue weighted by molar-refractivity contribution is 0.0600. The summed E-state index contributed by atoms with van der Waals surface area (Å²) in [4.78, 5) is 21.1. The average molecular weight is 245 g/mol. The van der Waals surface area contributed by atoms with Crippen molar-refractivity contribution in [2.24, 2.45) is 0 Å². The topological polar surface area (TPSA) is 65.0 Å². The molecule has 0 spiro atoms. The van der Waals surface area contributed by atoms with Crippen molar-refractivity contribution in [3.63, 3.8) is 0 Å². The summed E-state index contributed by atoms with van der Waals surface area (Å²) < 4.78 is 14.4. The normalized spacial score (nSPS) is 11.2. The van der Waals surface area contributed by atoms with Crippen molar-refractivity contribution in [2.75, 3.05) is 21.3 Å². The molecule has 0 aliphatic carbocycles. The van der Waals surface area contributed by atoms with E-state index in [1.807, 2.05) is 0 Å². The van der Waals surface area contributed by atoms with E-state index in [1.54, 1.807) is 24.3 Å². The molecule has 0 bridgehead atoms. The van der Waals surface area contributed by atoms with Gasteiger partial charge in [-0.15, -0.1) is 0 Å². The number of ether oxygens (including phenoxy) is 1. The summed E-state index contributed by atoms with van der Waals surface area (Å²) in [6.45, 7) is 0. The van der Waals surface area contributed by atoms with Crippen molar-refractivity contribution >= 4 is 19.2 Å². The number of carbonyl (C=O) groups excluding carboxylic acids is 1. The fraction of sp³-hybridized carbons (Fsp3) is 0.300. The standard InChI is InChI=1S/C10H14O5P/c1-13-10(11)8-4-6-9(7-5-8)16(12,14-2)15-3/h4-7,12H,1-3H3/q+1. The molecule has 16 heavy (non-hydrogen) atoms. The second-order valence-corrected chi connectivity index (χ2v) is 5.21. The Morgan fingerprint density at radius 2 is 1.62 bits per heavy atom. The predicted molar refractivity (Wildman–Crippen MR) is 60.6 cm³/mol. The third kappa shape index (κ3) is 2.57. The van der Waals surface area contributed by atoms with Gasteiger partial charge in [-0.2, -0.15) is 13.9 Å². The average Bonchev–Trinajstić information content (AvgIpc) is 2.37. The van der Waals surface area contributed by atoms with Gasteiger partial charge >= 0.3 is 13.9 Å². The molecule has 0 amide bonds. The van der Waals surface area contributed by atoms with Crippen molar-refractivity contribution in [3.8, 4) is 0 Å². The van der Waals surface area contributed by atoms with Gasteiger partial charge in [-0.3, -0.25) is 0 Å². The summed E-state index contributed by atoms with van der Waals surface area (Å²) >= 11 is 0. The lowest BCUT2D eigenvalue weighted by Crippen LogP contribution is -2.14. The van der Waals surface area contributed by atoms with Crippen molar-refractivity contribution < 1.29 is 23.5 Å². The van der Waals surface area contributed by atoms with E-state index in [-0.39, 0.29) is 0 Å². The molecule has 5 nitrogen and oxygen atoms in total. The Morgan fingerprint density at radius 1 is 1.12 bits per heavy atom. The van der Waals surface area contributed by atoms with E-state index in [4.69, 9.17) is 9.05 Å². The van der Waals surface area contributed by atoms with Crippen LogP contribution in [0.2, 0.25) is 0 Å². The zero-order valence-electron chi connectivity index (χ0n) is 9.34. The van der Waals surface area contributed by atoms with Gasteiger partial charge in [-0.05, 0) is 24.3 Å². The van der Waals surface area contributed by atoms with E-state index in [0.717, 1.165) is 0 Å². The molecule has 1 aromatic carbocycles. The van der Waals surface area contributed by atoms with Gasteiger partial charge in [0, 0.05) is 0 Å². The number of esters is 1. The third-order valence-electron chi connectivity index (χ3n) is 2.11. The first-order valence-electron chi connectivity index (χ1n) is 4.49. The van der Waals surface area contributed by atoms with Crippen LogP contribution in [0.15, 0.2) is 24.3 Å². The first-order valence-corrected chi connectivity index (χ1v) is 6.07. The Morgan fingerprint density at radius 3 is 2.00 bits per heavy atom. The van der Waals surface area contributed by atoms with Crippen molar-refractivity contribution in [3.05, 3.63) is 29.8 Å². The highest BCUT2D eigenvalue weighted by Gasteiger charge is 2.41. The summed E-state index contributed by atoms with van der Waals surface area (Å²) in [5, 5.41) is 0.505. The Kier molecular flexibility index (Phi) is 4.38. The van der Waals surface area contributed by atoms with E-state index in [2.05, 4.69) is 4.74 Å². The minimum atomic E-state index is -2.99. The van der Waals surface area contributed by atoms with Crippen molar-refractivity contribution in [2.45, 2.75) is 0 Å². The molecule has 0 fully saturated rings. The van der Waals surface area contributed by atoms with Crippen LogP contribution in [0.1, 0.15) is 10.4 Å². The summed E-state index contributed by atoms with van der Waals surface area (Å²) in [5.41, 5.74) is 0.407. The summed E-state index contributed by atoms with van der Waals surface area (Å²) in [6.07, 6.45) is 0. The number of hydrogen-bond donors (Lipinski definition) is 1. The molecule has 6 heteroatoms. The molecule has 0 atom stereocenters. The highest BCUT2D eigenvalue weighted by Crippen LogP contribution is 2.53. The first-order chi connectivity index (χ1) is 7.57. The second kappa shape index (κ2) is 5.37. The Hall–Kier alpha value is -1.00. The molecular formula is C10H14O5P+. The van der Waals surface area contributed by atoms with Crippen LogP contribution in [-0.4, -0.2) is 32.2 Å². The molecule has 0 unspecified atom stereocenters. The summed E-state index contributed by atoms with van der Waals surface area (Å²) in [7, 11) is 1.05. The largest absolute Gasteiger partial charge is 0.465 e. The van der Waals surface area contributed by atoms with E-state index in [0.29, 0.717) is 10.9 Å². The molecule has 88 valence electrons. The first kappa shape index (κ1) is 13.1. The molecule has 0 saturated heterocycles. The smallest absolute Gasteiger partial charge is 0.445 e. The predicted octanol–water partition coefficient (Wildman–Crippen LogP) is 1.15. The van der Waals surface area contributed by atoms with Gasteiger partial charge in [0.15, 0.2) is 5.30 Å². The van der Waals surface area contributed by atoms with Crippen LogP contribution in [0.3, 0.4) is 0 Å². The van der Waals surface area contributed by atoms with Crippen molar-refractivity contribution in [1.82, 2.24) is 0 Å². The zero-order valence-corrected chi connectivity index (χ0v) is 10.2. The molecule has 0 saturated carbocycles. The molecule has 0 heterocycles. The van der Waals surface area contributed by atoms with Gasteiger partial charge in [0.05, 0.1) is 26.9 Å². The van der Waals surface area contributed by atoms with Crippen LogP contribution >= 0.6 is 7.94 Å². The van der Waals surface area contributed by atoms with Crippen LogP contribution < -0.4 is 5.30 Å². The van der Waals surface area contributed by atoms with Crippen LogP contribution in [0.25, 0.3) is 0 Å². The van der Waals surface area contributed by atoms with Crippen LogP contribution in [0.5, 0.6) is 0 Å². The minimum absolute atomic E-state index is 0.407. The molecule has 0 aliphatic heterocycles. The van der Waals surface area contributed by atoms with E-state index in [1.165, 1.54) is 21.3 Å². The Bertz CT molecular complexity index is 358. The van der Waals surface area contributed by atoms with Crippen molar-refractivity contribution in [1.29, 1.82) is 0 Å². The second-order valence-electron chi connectivity index (χ2n) is 2.92. The summed E-state index contributed by atoms with van der Waals surface area (Å²) in [6, 6.07) is 6.24. The van der Waals surface area contributed by atoms with Gasteiger partial charge < -0.3 is 4.74 Å². The molecule has 0 aromatic heterocycles. The van der Waals surface area contributed by atoms with Gasteiger partial charge in [0.2, 0.25) is 0 Å². The molecule has 0 radical (unpaired) electrons. The van der Waals surface area contributed by atoms with Gasteiger partial charge in [0.25, 0.3) is 0 Å². The molecular weight excluding hydrogens is 231 g/mol. The monoisotopic (exact) mass is 245 g/mol. The van der Waals surface area contributed by atoms with Crippen LogP contribution in [0, 0.1) is 0 Å². The van der Waals surface area contributed by atoms with E-state index in [9.17, 15) is 9.69 Å². The lowest BCUT2D eigenvalue weighted by Gasteiger charge is -2.12. The highest BCUT2D eigenvalue weighted by molar-refractivity contribution is 7.68. The highest BCUT2D eigenvalue weighted by atomic mass is 31.2. The molecule has 1 aromatic rings. The number of rotatable bonds is 4. The van der Waals surface area contributed by atoms with E-state index < -0.39 is 13.9 Å². The Labute approximate surface area is 94.5 Å². The number of benzene rings is 1. The maximum atomic E-state index is 11.2. The fourth-order valence-electron chi connectivity index (χ4n) is 1.19. The maximum Gasteiger partial charge on any atom is 0.445 e. The molecule has 1 rings (SSSR count). The molecule has 0 aliphatic rings. The maximum absolute atomic E-state index is 11.2. The van der Waals surface area contributed by atoms with Gasteiger partial charge in [0.1, 0.15) is 0 Å². The SMILES string of the molecule is COC(=O)c1ccc([P+](O)(OC)OC)cc1. The number of methoxy groups -OCH3 is 1. The zero-order chi connectivity index (χ0) is 12.2. The van der Waals surface area contributed by atoms with E-state index >= 15 is 0 Å². The summed E-state index contributed by atoms with van der Waals surface area (Å²) in [5.74, 6) is -0.428. The fourth-order valence-corrected chi connectivity index (χ4v) is 2.29. The lowest BCUT2D eigenvalue weighted by atomic mass is 10.2. The quantitative estimate of drug-likeness (QED) is 0.636. The number of carbonyl (C=O) groups is 1.